The molecule has 3 aromatic rings. The Morgan fingerprint density at radius 1 is 1.17 bits per heavy atom. The van der Waals surface area contributed by atoms with Crippen LogP contribution in [0.15, 0.2) is 24.7 Å². The smallest absolute Gasteiger partial charge is 0.255 e. The van der Waals surface area contributed by atoms with Gasteiger partial charge < -0.3 is 15.2 Å². The fourth-order valence-electron chi connectivity index (χ4n) is 4.87. The van der Waals surface area contributed by atoms with Crippen molar-refractivity contribution in [2.75, 3.05) is 18.8 Å². The van der Waals surface area contributed by atoms with Gasteiger partial charge in [0.05, 0.1) is 16.1 Å². The highest BCUT2D eigenvalue weighted by Gasteiger charge is 2.31. The summed E-state index contributed by atoms with van der Waals surface area (Å²) in [6.07, 6.45) is 10.4. The Hall–Kier alpha value is -2.60. The number of nitrogens with zero attached hydrogens (tertiary/aromatic N) is 4. The van der Waals surface area contributed by atoms with Crippen molar-refractivity contribution in [3.63, 3.8) is 0 Å². The number of fused-ring (bicyclic) bond motifs is 1. The molecule has 2 N–H and O–H groups in total. The molecule has 0 unspecified atom stereocenters. The Morgan fingerprint density at radius 3 is 2.63 bits per heavy atom. The molecule has 0 spiro atoms. The number of carbonyl (C=O) groups is 1. The lowest BCUT2D eigenvalue weighted by molar-refractivity contribution is 0.0650. The summed E-state index contributed by atoms with van der Waals surface area (Å²) in [4.78, 5) is 23.8. The number of hydrogen-bond donors (Lipinski definition) is 1. The maximum absolute atomic E-state index is 13.3. The van der Waals surface area contributed by atoms with Crippen LogP contribution in [0.1, 0.15) is 65.9 Å². The molecule has 2 aromatic heterocycles. The molecular formula is C23H26ClN5O. The van der Waals surface area contributed by atoms with Gasteiger partial charge in [0.15, 0.2) is 0 Å². The van der Waals surface area contributed by atoms with E-state index in [1.807, 2.05) is 28.7 Å². The van der Waals surface area contributed by atoms with Crippen LogP contribution >= 0.6 is 11.6 Å². The molecule has 156 valence electrons. The van der Waals surface area contributed by atoms with Gasteiger partial charge >= 0.3 is 0 Å². The standard InChI is InChI=1S/C23H26ClN5O/c1-14-21(25)26-13-27-22(14)29-11-8-16-18(29)12-17(24)20(23(30)28-9-5-10-28)19(16)15-6-3-2-4-7-15/h8,11-13,15H,2-7,9-10H2,1H3,(H2,25,26,27). The lowest BCUT2D eigenvalue weighted by Crippen LogP contribution is -2.42. The lowest BCUT2D eigenvalue weighted by Gasteiger charge is -2.33. The van der Waals surface area contributed by atoms with Gasteiger partial charge in [0.2, 0.25) is 0 Å². The maximum atomic E-state index is 13.3. The number of benzene rings is 1. The van der Waals surface area contributed by atoms with Gasteiger partial charge in [-0.2, -0.15) is 0 Å². The SMILES string of the molecule is Cc1c(N)ncnc1-n1ccc2c(C3CCCCC3)c(C(=O)N3CCC3)c(Cl)cc21. The average molecular weight is 424 g/mol. The van der Waals surface area contributed by atoms with Gasteiger partial charge in [0.25, 0.3) is 5.91 Å². The second-order valence-corrected chi connectivity index (χ2v) is 8.86. The molecule has 2 aliphatic rings. The molecule has 1 aromatic carbocycles. The van der Waals surface area contributed by atoms with E-state index in [1.165, 1.54) is 25.6 Å². The van der Waals surface area contributed by atoms with Crippen LogP contribution in [-0.4, -0.2) is 38.4 Å². The normalized spacial score (nSPS) is 17.3. The number of hydrogen-bond acceptors (Lipinski definition) is 4. The van der Waals surface area contributed by atoms with E-state index in [-0.39, 0.29) is 5.91 Å². The minimum absolute atomic E-state index is 0.0731. The predicted octanol–water partition coefficient (Wildman–Crippen LogP) is 4.86. The van der Waals surface area contributed by atoms with E-state index in [4.69, 9.17) is 17.3 Å². The van der Waals surface area contributed by atoms with Crippen LogP contribution in [0.3, 0.4) is 0 Å². The van der Waals surface area contributed by atoms with Gasteiger partial charge in [0, 0.05) is 30.2 Å². The van der Waals surface area contributed by atoms with Gasteiger partial charge in [-0.1, -0.05) is 30.9 Å². The van der Waals surface area contributed by atoms with Crippen LogP contribution in [0.25, 0.3) is 16.7 Å². The van der Waals surface area contributed by atoms with E-state index < -0.39 is 0 Å². The number of aromatic nitrogens is 3. The number of nitrogens with two attached hydrogens (primary N) is 1. The van der Waals surface area contributed by atoms with Crippen molar-refractivity contribution < 1.29 is 4.79 Å². The van der Waals surface area contributed by atoms with E-state index >= 15 is 0 Å². The van der Waals surface area contributed by atoms with Gasteiger partial charge in [-0.25, -0.2) is 9.97 Å². The summed E-state index contributed by atoms with van der Waals surface area (Å²) in [5, 5.41) is 1.62. The van der Waals surface area contributed by atoms with E-state index in [0.29, 0.717) is 22.3 Å². The number of likely N-dealkylation sites (tertiary alicyclic amines) is 1. The zero-order valence-corrected chi connectivity index (χ0v) is 18.0. The van der Waals surface area contributed by atoms with E-state index in [1.54, 1.807) is 0 Å². The summed E-state index contributed by atoms with van der Waals surface area (Å²) in [5.41, 5.74) is 9.63. The second kappa shape index (κ2) is 7.58. The molecule has 2 fully saturated rings. The van der Waals surface area contributed by atoms with Crippen molar-refractivity contribution in [1.29, 1.82) is 0 Å². The first-order chi connectivity index (χ1) is 14.6. The second-order valence-electron chi connectivity index (χ2n) is 8.45. The molecule has 0 atom stereocenters. The summed E-state index contributed by atoms with van der Waals surface area (Å²) in [6, 6.07) is 4.01. The summed E-state index contributed by atoms with van der Waals surface area (Å²) >= 11 is 6.82. The van der Waals surface area contributed by atoms with Gasteiger partial charge in [-0.05, 0) is 49.8 Å². The van der Waals surface area contributed by atoms with E-state index in [2.05, 4.69) is 16.0 Å². The number of carbonyl (C=O) groups excluding carboxylic acids is 1. The number of halogens is 1. The largest absolute Gasteiger partial charge is 0.383 e. The first kappa shape index (κ1) is 19.4. The van der Waals surface area contributed by atoms with Crippen LogP contribution in [0, 0.1) is 6.92 Å². The quantitative estimate of drug-likeness (QED) is 0.652. The predicted molar refractivity (Wildman–Crippen MR) is 119 cm³/mol. The Kier molecular flexibility index (Phi) is 4.89. The minimum atomic E-state index is 0.0731. The highest BCUT2D eigenvalue weighted by Crippen LogP contribution is 2.42. The number of nitrogen functional groups attached to an aromatic ring is 1. The molecule has 5 rings (SSSR count). The molecule has 1 saturated carbocycles. The summed E-state index contributed by atoms with van der Waals surface area (Å²) in [5.74, 6) is 1.63. The molecule has 1 amide bonds. The average Bonchev–Trinajstić information content (AvgIpc) is 3.11. The molecular weight excluding hydrogens is 398 g/mol. The molecule has 0 bridgehead atoms. The number of rotatable bonds is 3. The van der Waals surface area contributed by atoms with Crippen molar-refractivity contribution in [1.82, 2.24) is 19.4 Å². The Balaban J connectivity index is 1.74. The third kappa shape index (κ3) is 3.05. The fraction of sp³-hybridized carbons (Fsp3) is 0.435. The van der Waals surface area contributed by atoms with Gasteiger partial charge in [-0.15, -0.1) is 0 Å². The molecule has 30 heavy (non-hydrogen) atoms. The Morgan fingerprint density at radius 2 is 1.93 bits per heavy atom. The number of amides is 1. The molecule has 1 aliphatic carbocycles. The van der Waals surface area contributed by atoms with E-state index in [9.17, 15) is 4.79 Å². The van der Waals surface area contributed by atoms with Crippen molar-refractivity contribution >= 4 is 34.2 Å². The van der Waals surface area contributed by atoms with Crippen LogP contribution in [-0.2, 0) is 0 Å². The fourth-order valence-corrected chi connectivity index (χ4v) is 5.15. The molecule has 7 heteroatoms. The van der Waals surface area contributed by atoms with E-state index in [0.717, 1.165) is 60.2 Å². The van der Waals surface area contributed by atoms with Crippen molar-refractivity contribution in [2.45, 2.75) is 51.4 Å². The van der Waals surface area contributed by atoms with Crippen LogP contribution < -0.4 is 5.73 Å². The van der Waals surface area contributed by atoms with Crippen LogP contribution in [0.5, 0.6) is 0 Å². The molecule has 3 heterocycles. The summed E-state index contributed by atoms with van der Waals surface area (Å²) in [6.45, 7) is 3.55. The van der Waals surface area contributed by atoms with Crippen molar-refractivity contribution in [3.8, 4) is 5.82 Å². The zero-order valence-electron chi connectivity index (χ0n) is 17.2. The van der Waals surface area contributed by atoms with Gasteiger partial charge in [0.1, 0.15) is 18.0 Å². The van der Waals surface area contributed by atoms with Crippen molar-refractivity contribution in [2.24, 2.45) is 0 Å². The van der Waals surface area contributed by atoms with Gasteiger partial charge in [-0.3, -0.25) is 4.79 Å². The topological polar surface area (TPSA) is 77.0 Å². The third-order valence-electron chi connectivity index (χ3n) is 6.68. The van der Waals surface area contributed by atoms with Crippen molar-refractivity contribution in [3.05, 3.63) is 46.4 Å². The lowest BCUT2D eigenvalue weighted by atomic mass is 9.80. The molecule has 6 nitrogen and oxygen atoms in total. The number of anilines is 1. The van der Waals surface area contributed by atoms with Crippen LogP contribution in [0.4, 0.5) is 5.82 Å². The first-order valence-corrected chi connectivity index (χ1v) is 11.1. The minimum Gasteiger partial charge on any atom is -0.383 e. The first-order valence-electron chi connectivity index (χ1n) is 10.8. The third-order valence-corrected chi connectivity index (χ3v) is 6.98. The highest BCUT2D eigenvalue weighted by atomic mass is 35.5. The maximum Gasteiger partial charge on any atom is 0.255 e. The zero-order chi connectivity index (χ0) is 20.8. The monoisotopic (exact) mass is 423 g/mol. The molecule has 0 radical (unpaired) electrons. The Bertz CT molecular complexity index is 1130. The molecule has 1 aliphatic heterocycles. The van der Waals surface area contributed by atoms with Crippen LogP contribution in [0.2, 0.25) is 5.02 Å². The summed E-state index contributed by atoms with van der Waals surface area (Å²) in [7, 11) is 0. The highest BCUT2D eigenvalue weighted by molar-refractivity contribution is 6.35. The Labute approximate surface area is 181 Å². The molecule has 1 saturated heterocycles. The summed E-state index contributed by atoms with van der Waals surface area (Å²) < 4.78 is 2.01.